The van der Waals surface area contributed by atoms with Crippen molar-refractivity contribution in [3.8, 4) is 5.75 Å². The molecule has 0 saturated heterocycles. The van der Waals surface area contributed by atoms with Crippen molar-refractivity contribution >= 4 is 35.9 Å². The number of nitrogens with one attached hydrogen (secondary N) is 2. The van der Waals surface area contributed by atoms with E-state index in [0.29, 0.717) is 19.6 Å². The monoisotopic (exact) mass is 477 g/mol. The van der Waals surface area contributed by atoms with E-state index in [2.05, 4.69) is 15.6 Å². The Labute approximate surface area is 174 Å². The number of benzene rings is 1. The van der Waals surface area contributed by atoms with Crippen LogP contribution in [0.5, 0.6) is 5.75 Å². The molecule has 1 aromatic rings. The molecule has 0 atom stereocenters. The summed E-state index contributed by atoms with van der Waals surface area (Å²) in [5.74, 6) is 1.56. The Morgan fingerprint density at radius 2 is 1.77 bits per heavy atom. The molecule has 0 aromatic heterocycles. The second kappa shape index (κ2) is 15.7. The lowest BCUT2D eigenvalue weighted by molar-refractivity contribution is -0.143. The van der Waals surface area contributed by atoms with Crippen LogP contribution >= 0.6 is 24.0 Å². The number of guanidine groups is 1. The maximum absolute atomic E-state index is 11.2. The van der Waals surface area contributed by atoms with Crippen LogP contribution in [0, 0.1) is 0 Å². The molecule has 0 aliphatic rings. The molecule has 1 aromatic carbocycles. The van der Waals surface area contributed by atoms with Crippen LogP contribution in [0.15, 0.2) is 29.3 Å². The third-order valence-corrected chi connectivity index (χ3v) is 3.75. The van der Waals surface area contributed by atoms with E-state index in [-0.39, 0.29) is 29.9 Å². The van der Waals surface area contributed by atoms with Crippen molar-refractivity contribution in [3.05, 3.63) is 29.8 Å². The number of methoxy groups -OCH3 is 1. The summed E-state index contributed by atoms with van der Waals surface area (Å²) in [6.45, 7) is 3.87. The highest BCUT2D eigenvalue weighted by molar-refractivity contribution is 14.0. The molecule has 0 radical (unpaired) electrons. The Morgan fingerprint density at radius 3 is 2.38 bits per heavy atom. The van der Waals surface area contributed by atoms with Gasteiger partial charge in [0.25, 0.3) is 0 Å². The van der Waals surface area contributed by atoms with Crippen molar-refractivity contribution in [1.82, 2.24) is 10.6 Å². The van der Waals surface area contributed by atoms with Crippen LogP contribution in [-0.2, 0) is 16.1 Å². The van der Waals surface area contributed by atoms with Gasteiger partial charge in [-0.3, -0.25) is 9.79 Å². The minimum atomic E-state index is -0.0937. The molecule has 0 bridgehead atoms. The minimum absolute atomic E-state index is 0. The van der Waals surface area contributed by atoms with Gasteiger partial charge in [-0.15, -0.1) is 24.0 Å². The van der Waals surface area contributed by atoms with Gasteiger partial charge in [0.2, 0.25) is 0 Å². The van der Waals surface area contributed by atoms with Crippen molar-refractivity contribution < 1.29 is 14.3 Å². The predicted octanol–water partition coefficient (Wildman–Crippen LogP) is 3.49. The van der Waals surface area contributed by atoms with E-state index < -0.39 is 0 Å². The van der Waals surface area contributed by atoms with Crippen molar-refractivity contribution in [3.63, 3.8) is 0 Å². The maximum Gasteiger partial charge on any atom is 0.305 e. The number of rotatable bonds is 11. The van der Waals surface area contributed by atoms with Gasteiger partial charge in [-0.25, -0.2) is 0 Å². The van der Waals surface area contributed by atoms with E-state index in [0.717, 1.165) is 43.9 Å². The molecule has 26 heavy (non-hydrogen) atoms. The molecule has 0 saturated carbocycles. The van der Waals surface area contributed by atoms with Crippen molar-refractivity contribution in [2.45, 2.75) is 45.6 Å². The summed E-state index contributed by atoms with van der Waals surface area (Å²) >= 11 is 0. The van der Waals surface area contributed by atoms with E-state index in [1.807, 2.05) is 31.2 Å². The zero-order valence-corrected chi connectivity index (χ0v) is 18.4. The fraction of sp³-hybridized carbons (Fsp3) is 0.579. The van der Waals surface area contributed by atoms with Gasteiger partial charge in [0.05, 0.1) is 13.7 Å². The number of ether oxygens (including phenoxy) is 2. The number of unbranched alkanes of at least 4 members (excludes halogenated alkanes) is 3. The summed E-state index contributed by atoms with van der Waals surface area (Å²) in [4.78, 5) is 15.4. The number of carbonyl (C=O) groups excluding carboxylic acids is 1. The van der Waals surface area contributed by atoms with E-state index >= 15 is 0 Å². The summed E-state index contributed by atoms with van der Waals surface area (Å²) < 4.78 is 10.1. The molecular weight excluding hydrogens is 445 g/mol. The second-order valence-electron chi connectivity index (χ2n) is 5.67. The second-order valence-corrected chi connectivity index (χ2v) is 5.67. The quantitative estimate of drug-likeness (QED) is 0.168. The van der Waals surface area contributed by atoms with E-state index in [1.165, 1.54) is 5.56 Å². The number of esters is 1. The molecular formula is C19H32IN3O3. The van der Waals surface area contributed by atoms with Gasteiger partial charge in [-0.05, 0) is 37.5 Å². The molecule has 0 aliphatic carbocycles. The van der Waals surface area contributed by atoms with E-state index in [4.69, 9.17) is 9.47 Å². The van der Waals surface area contributed by atoms with E-state index in [1.54, 1.807) is 14.2 Å². The lowest BCUT2D eigenvalue weighted by Crippen LogP contribution is -2.37. The molecule has 0 fully saturated rings. The van der Waals surface area contributed by atoms with Crippen LogP contribution in [0.4, 0.5) is 0 Å². The summed E-state index contributed by atoms with van der Waals surface area (Å²) in [5.41, 5.74) is 1.17. The third kappa shape index (κ3) is 11.2. The largest absolute Gasteiger partial charge is 0.497 e. The van der Waals surface area contributed by atoms with E-state index in [9.17, 15) is 4.79 Å². The maximum atomic E-state index is 11.2. The van der Waals surface area contributed by atoms with Gasteiger partial charge in [0.1, 0.15) is 5.75 Å². The van der Waals surface area contributed by atoms with Gasteiger partial charge in [0.15, 0.2) is 5.96 Å². The van der Waals surface area contributed by atoms with Gasteiger partial charge in [-0.2, -0.15) is 0 Å². The number of hydrogen-bond acceptors (Lipinski definition) is 4. The highest BCUT2D eigenvalue weighted by Gasteiger charge is 2.01. The van der Waals surface area contributed by atoms with Crippen LogP contribution in [0.25, 0.3) is 0 Å². The lowest BCUT2D eigenvalue weighted by atomic mass is 10.1. The Balaban J connectivity index is 0.00000625. The number of aliphatic imine (C=N–C) groups is 1. The van der Waals surface area contributed by atoms with Gasteiger partial charge in [0, 0.05) is 26.6 Å². The fourth-order valence-electron chi connectivity index (χ4n) is 2.34. The van der Waals surface area contributed by atoms with Gasteiger partial charge >= 0.3 is 5.97 Å². The number of nitrogens with zero attached hydrogens (tertiary/aromatic N) is 1. The van der Waals surface area contributed by atoms with Crippen LogP contribution in [0.1, 0.15) is 44.6 Å². The number of hydrogen-bond donors (Lipinski definition) is 2. The summed E-state index contributed by atoms with van der Waals surface area (Å²) in [5, 5.41) is 6.60. The lowest BCUT2D eigenvalue weighted by Gasteiger charge is -2.12. The Kier molecular flexibility index (Phi) is 14.8. The molecule has 0 spiro atoms. The smallest absolute Gasteiger partial charge is 0.305 e. The summed E-state index contributed by atoms with van der Waals surface area (Å²) in [7, 11) is 3.43. The molecule has 0 amide bonds. The van der Waals surface area contributed by atoms with Crippen molar-refractivity contribution in [1.29, 1.82) is 0 Å². The van der Waals surface area contributed by atoms with Gasteiger partial charge < -0.3 is 20.1 Å². The zero-order valence-electron chi connectivity index (χ0n) is 16.0. The first kappa shape index (κ1) is 24.5. The third-order valence-electron chi connectivity index (χ3n) is 3.75. The average Bonchev–Trinajstić information content (AvgIpc) is 2.64. The first-order valence-corrected chi connectivity index (χ1v) is 8.92. The summed E-state index contributed by atoms with van der Waals surface area (Å²) in [6, 6.07) is 7.96. The molecule has 6 nitrogen and oxygen atoms in total. The zero-order chi connectivity index (χ0) is 18.3. The van der Waals surface area contributed by atoms with Crippen LogP contribution in [0.3, 0.4) is 0 Å². The molecule has 0 aliphatic heterocycles. The normalized spacial score (nSPS) is 10.7. The molecule has 2 N–H and O–H groups in total. The molecule has 1 rings (SSSR count). The first-order chi connectivity index (χ1) is 12.2. The predicted molar refractivity (Wildman–Crippen MR) is 116 cm³/mol. The Bertz CT molecular complexity index is 521. The SMILES string of the molecule is CCOC(=O)CCCCCCNC(=NC)NCc1ccc(OC)cc1.I. The van der Waals surface area contributed by atoms with Crippen LogP contribution in [-0.4, -0.2) is 39.2 Å². The Hall–Kier alpha value is -1.51. The molecule has 0 heterocycles. The molecule has 0 unspecified atom stereocenters. The highest BCUT2D eigenvalue weighted by Crippen LogP contribution is 2.10. The first-order valence-electron chi connectivity index (χ1n) is 8.92. The van der Waals surface area contributed by atoms with Gasteiger partial charge in [-0.1, -0.05) is 25.0 Å². The molecule has 148 valence electrons. The van der Waals surface area contributed by atoms with Crippen LogP contribution < -0.4 is 15.4 Å². The minimum Gasteiger partial charge on any atom is -0.497 e. The number of halogens is 1. The van der Waals surface area contributed by atoms with Crippen LogP contribution in [0.2, 0.25) is 0 Å². The topological polar surface area (TPSA) is 72.0 Å². The standard InChI is InChI=1S/C19H31N3O3.HI/c1-4-25-18(23)9-7-5-6-8-14-21-19(20-2)22-15-16-10-12-17(24-3)13-11-16;/h10-13H,4-9,14-15H2,1-3H3,(H2,20,21,22);1H. The molecule has 7 heteroatoms. The van der Waals surface area contributed by atoms with Crippen molar-refractivity contribution in [2.75, 3.05) is 27.3 Å². The highest BCUT2D eigenvalue weighted by atomic mass is 127. The number of carbonyl (C=O) groups is 1. The average molecular weight is 477 g/mol. The fourth-order valence-corrected chi connectivity index (χ4v) is 2.34. The summed E-state index contributed by atoms with van der Waals surface area (Å²) in [6.07, 6.45) is 4.59. The van der Waals surface area contributed by atoms with Crippen molar-refractivity contribution in [2.24, 2.45) is 4.99 Å². The Morgan fingerprint density at radius 1 is 1.08 bits per heavy atom.